The molecule has 0 aliphatic carbocycles. The molecule has 0 spiro atoms. The molecule has 4 aromatic carbocycles. The smallest absolute Gasteiger partial charge is 0.107 e. The van der Waals surface area contributed by atoms with Gasteiger partial charge in [-0.05, 0) is 48.5 Å². The van der Waals surface area contributed by atoms with Crippen molar-refractivity contribution < 1.29 is 0 Å². The Bertz CT molecular complexity index is 1430. The molecule has 5 rings (SSSR count). The lowest BCUT2D eigenvalue weighted by Crippen LogP contribution is -1.99. The molecule has 0 unspecified atom stereocenters. The Morgan fingerprint density at radius 1 is 0.686 bits per heavy atom. The number of rotatable bonds is 7. The summed E-state index contributed by atoms with van der Waals surface area (Å²) in [5, 5.41) is 8.65. The van der Waals surface area contributed by atoms with Crippen LogP contribution in [0, 0.1) is 0 Å². The molecule has 0 radical (unpaired) electrons. The highest BCUT2D eigenvalue weighted by atomic mass is 35.5. The van der Waals surface area contributed by atoms with Crippen molar-refractivity contribution in [2.75, 3.05) is 0 Å². The largest absolute Gasteiger partial charge is 0.238 e. The number of benzene rings is 4. The van der Waals surface area contributed by atoms with Crippen LogP contribution in [0.2, 0.25) is 10.0 Å². The molecule has 6 heteroatoms. The van der Waals surface area contributed by atoms with Crippen molar-refractivity contribution in [2.45, 2.75) is 14.7 Å². The summed E-state index contributed by atoms with van der Waals surface area (Å²) in [5.74, 6) is 0. The maximum absolute atomic E-state index is 6.11. The zero-order valence-electron chi connectivity index (χ0n) is 18.5. The van der Waals surface area contributed by atoms with Gasteiger partial charge in [0.1, 0.15) is 5.69 Å². The minimum absolute atomic E-state index is 0.724. The van der Waals surface area contributed by atoms with Crippen molar-refractivity contribution >= 4 is 52.4 Å². The van der Waals surface area contributed by atoms with Crippen molar-refractivity contribution in [3.05, 3.63) is 136 Å². The standard InChI is InChI=1S/C29H20Cl2N2S2/c30-23-11-15-25(16-12-23)34-20-27(21-7-3-1-4-8-21)33-19-28(35-26-17-13-24(31)14-18-26)29(32-33)22-9-5-2-6-10-22/h1-20H. The van der Waals surface area contributed by atoms with Gasteiger partial charge >= 0.3 is 0 Å². The van der Waals surface area contributed by atoms with Crippen LogP contribution in [0.3, 0.4) is 0 Å². The second-order valence-electron chi connectivity index (χ2n) is 7.65. The molecule has 0 N–H and O–H groups in total. The zero-order valence-corrected chi connectivity index (χ0v) is 21.7. The van der Waals surface area contributed by atoms with E-state index in [2.05, 4.69) is 35.9 Å². The average Bonchev–Trinajstić information content (AvgIpc) is 3.31. The predicted molar refractivity (Wildman–Crippen MR) is 150 cm³/mol. The van der Waals surface area contributed by atoms with Crippen LogP contribution in [-0.2, 0) is 0 Å². The summed E-state index contributed by atoms with van der Waals surface area (Å²) >= 11 is 15.5. The summed E-state index contributed by atoms with van der Waals surface area (Å²) in [7, 11) is 0. The van der Waals surface area contributed by atoms with Gasteiger partial charge in [-0.3, -0.25) is 0 Å². The fourth-order valence-electron chi connectivity index (χ4n) is 3.48. The number of hydrogen-bond acceptors (Lipinski definition) is 3. The molecule has 0 bridgehead atoms. The van der Waals surface area contributed by atoms with Gasteiger partial charge in [0, 0.05) is 42.6 Å². The van der Waals surface area contributed by atoms with E-state index in [4.69, 9.17) is 28.3 Å². The highest BCUT2D eigenvalue weighted by Gasteiger charge is 2.16. The third-order valence-corrected chi connectivity index (χ3v) is 7.62. The van der Waals surface area contributed by atoms with Gasteiger partial charge in [-0.2, -0.15) is 5.10 Å². The van der Waals surface area contributed by atoms with E-state index in [0.29, 0.717) is 0 Å². The van der Waals surface area contributed by atoms with Gasteiger partial charge < -0.3 is 0 Å². The summed E-state index contributed by atoms with van der Waals surface area (Å²) in [5.41, 5.74) is 4.08. The second-order valence-corrected chi connectivity index (χ2v) is 10.6. The van der Waals surface area contributed by atoms with Crippen molar-refractivity contribution in [3.63, 3.8) is 0 Å². The van der Waals surface area contributed by atoms with Gasteiger partial charge in [0.15, 0.2) is 0 Å². The molecular weight excluding hydrogens is 511 g/mol. The van der Waals surface area contributed by atoms with E-state index in [1.54, 1.807) is 23.5 Å². The van der Waals surface area contributed by atoms with Crippen LogP contribution in [0.5, 0.6) is 0 Å². The summed E-state index contributed by atoms with van der Waals surface area (Å²) in [4.78, 5) is 3.28. The Balaban J connectivity index is 1.58. The van der Waals surface area contributed by atoms with Gasteiger partial charge in [-0.1, -0.05) is 107 Å². The Hall–Kier alpha value is -2.89. The third kappa shape index (κ3) is 6.03. The lowest BCUT2D eigenvalue weighted by atomic mass is 10.2. The van der Waals surface area contributed by atoms with Crippen molar-refractivity contribution in [3.8, 4) is 11.3 Å². The van der Waals surface area contributed by atoms with Crippen LogP contribution in [0.25, 0.3) is 17.0 Å². The maximum atomic E-state index is 6.11. The van der Waals surface area contributed by atoms with Crippen LogP contribution < -0.4 is 0 Å². The lowest BCUT2D eigenvalue weighted by Gasteiger charge is -2.08. The van der Waals surface area contributed by atoms with Gasteiger partial charge in [-0.25, -0.2) is 4.68 Å². The molecule has 0 saturated carbocycles. The third-order valence-electron chi connectivity index (χ3n) is 5.21. The fraction of sp³-hybridized carbons (Fsp3) is 0. The van der Waals surface area contributed by atoms with Gasteiger partial charge in [-0.15, -0.1) is 0 Å². The first kappa shape index (κ1) is 23.8. The summed E-state index contributed by atoms with van der Waals surface area (Å²) < 4.78 is 1.97. The Labute approximate surface area is 223 Å². The van der Waals surface area contributed by atoms with Crippen LogP contribution in [0.1, 0.15) is 5.56 Å². The van der Waals surface area contributed by atoms with Crippen molar-refractivity contribution in [1.82, 2.24) is 9.78 Å². The Morgan fingerprint density at radius 3 is 1.89 bits per heavy atom. The lowest BCUT2D eigenvalue weighted by molar-refractivity contribution is 0.908. The molecule has 0 fully saturated rings. The van der Waals surface area contributed by atoms with Crippen LogP contribution in [-0.4, -0.2) is 9.78 Å². The second kappa shape index (κ2) is 11.2. The molecule has 1 aromatic heterocycles. The molecule has 35 heavy (non-hydrogen) atoms. The average molecular weight is 532 g/mol. The summed E-state index contributed by atoms with van der Waals surface area (Å²) in [6, 6.07) is 36.3. The Morgan fingerprint density at radius 2 is 1.26 bits per heavy atom. The van der Waals surface area contributed by atoms with Gasteiger partial charge in [0.25, 0.3) is 0 Å². The number of halogens is 2. The van der Waals surface area contributed by atoms with Crippen LogP contribution >= 0.6 is 46.7 Å². The molecule has 1 heterocycles. The predicted octanol–water partition coefficient (Wildman–Crippen LogP) is 9.65. The first-order chi connectivity index (χ1) is 17.2. The normalized spacial score (nSPS) is 11.5. The highest BCUT2D eigenvalue weighted by molar-refractivity contribution is 8.02. The molecule has 2 nitrogen and oxygen atoms in total. The van der Waals surface area contributed by atoms with E-state index in [1.807, 2.05) is 89.6 Å². The van der Waals surface area contributed by atoms with E-state index >= 15 is 0 Å². The highest BCUT2D eigenvalue weighted by Crippen LogP contribution is 2.37. The van der Waals surface area contributed by atoms with E-state index in [1.165, 1.54) is 0 Å². The van der Waals surface area contributed by atoms with E-state index in [0.717, 1.165) is 47.2 Å². The molecule has 5 aromatic rings. The van der Waals surface area contributed by atoms with E-state index < -0.39 is 0 Å². The minimum atomic E-state index is 0.724. The SMILES string of the molecule is Clc1ccc(SC=C(c2ccccc2)n2cc(Sc3ccc(Cl)cc3)c(-c3ccccc3)n2)cc1. The van der Waals surface area contributed by atoms with Crippen molar-refractivity contribution in [1.29, 1.82) is 0 Å². The van der Waals surface area contributed by atoms with Gasteiger partial charge in [0.2, 0.25) is 0 Å². The van der Waals surface area contributed by atoms with E-state index in [-0.39, 0.29) is 0 Å². The van der Waals surface area contributed by atoms with E-state index in [9.17, 15) is 0 Å². The first-order valence-corrected chi connectivity index (χ1v) is 13.4. The van der Waals surface area contributed by atoms with Gasteiger partial charge in [0.05, 0.1) is 10.6 Å². The maximum Gasteiger partial charge on any atom is 0.107 e. The first-order valence-electron chi connectivity index (χ1n) is 10.9. The van der Waals surface area contributed by atoms with Crippen molar-refractivity contribution in [2.24, 2.45) is 0 Å². The molecule has 0 atom stereocenters. The summed E-state index contributed by atoms with van der Waals surface area (Å²) in [6.45, 7) is 0. The monoisotopic (exact) mass is 530 g/mol. The number of hydrogen-bond donors (Lipinski definition) is 0. The summed E-state index contributed by atoms with van der Waals surface area (Å²) in [6.07, 6.45) is 2.10. The zero-order chi connectivity index (χ0) is 24.0. The molecule has 0 aliphatic rings. The number of aromatic nitrogens is 2. The minimum Gasteiger partial charge on any atom is -0.238 e. The molecule has 0 amide bonds. The topological polar surface area (TPSA) is 17.8 Å². The molecule has 0 aliphatic heterocycles. The van der Waals surface area contributed by atoms with Crippen LogP contribution in [0.4, 0.5) is 0 Å². The molecular formula is C29H20Cl2N2S2. The quantitative estimate of drug-likeness (QED) is 0.195. The van der Waals surface area contributed by atoms with Crippen LogP contribution in [0.15, 0.2) is 135 Å². The fourth-order valence-corrected chi connectivity index (χ4v) is 5.45. The Kier molecular flexibility index (Phi) is 7.65. The number of nitrogens with zero attached hydrogens (tertiary/aromatic N) is 2. The molecule has 172 valence electrons. The number of thioether (sulfide) groups is 1. The molecule has 0 saturated heterocycles.